The smallest absolute Gasteiger partial charge is 0.237 e. The highest BCUT2D eigenvalue weighted by atomic mass is 32.2. The van der Waals surface area contributed by atoms with Gasteiger partial charge in [0.15, 0.2) is 5.16 Å². The fourth-order valence-corrected chi connectivity index (χ4v) is 1.88. The lowest BCUT2D eigenvalue weighted by Gasteiger charge is -2.16. The summed E-state index contributed by atoms with van der Waals surface area (Å²) in [6, 6.07) is 0. The van der Waals surface area contributed by atoms with Crippen LogP contribution in [0, 0.1) is 5.92 Å². The van der Waals surface area contributed by atoms with Crippen LogP contribution in [-0.2, 0) is 4.79 Å². The van der Waals surface area contributed by atoms with E-state index >= 15 is 0 Å². The van der Waals surface area contributed by atoms with Crippen molar-refractivity contribution in [2.45, 2.75) is 24.3 Å². The first-order chi connectivity index (χ1) is 6.65. The molecule has 0 aromatic carbocycles. The second-order valence-corrected chi connectivity index (χ2v) is 4.38. The molecule has 0 fully saturated rings. The summed E-state index contributed by atoms with van der Waals surface area (Å²) in [5.41, 5.74) is 2.14. The Hall–Kier alpha value is -1.01. The first kappa shape index (κ1) is 11.1. The van der Waals surface area contributed by atoms with Gasteiger partial charge in [0.2, 0.25) is 5.91 Å². The molecule has 1 rings (SSSR count). The Morgan fingerprint density at radius 1 is 1.71 bits per heavy atom. The molecule has 0 spiro atoms. The number of hydrazine groups is 1. The van der Waals surface area contributed by atoms with E-state index in [1.54, 1.807) is 12.4 Å². The normalized spacial score (nSPS) is 14.8. The number of imidazole rings is 1. The van der Waals surface area contributed by atoms with E-state index in [0.29, 0.717) is 0 Å². The average Bonchev–Trinajstić information content (AvgIpc) is 2.68. The summed E-state index contributed by atoms with van der Waals surface area (Å²) < 4.78 is 0. The molecule has 4 N–H and O–H groups in total. The number of nitrogens with two attached hydrogens (primary N) is 1. The minimum Gasteiger partial charge on any atom is -0.340 e. The van der Waals surface area contributed by atoms with Crippen LogP contribution in [0.5, 0.6) is 0 Å². The number of hydrogen-bond donors (Lipinski definition) is 3. The van der Waals surface area contributed by atoms with Crippen LogP contribution in [0.2, 0.25) is 0 Å². The molecule has 0 aliphatic heterocycles. The number of aromatic nitrogens is 2. The predicted molar refractivity (Wildman–Crippen MR) is 55.4 cm³/mol. The van der Waals surface area contributed by atoms with E-state index in [1.165, 1.54) is 11.8 Å². The van der Waals surface area contributed by atoms with Crippen LogP contribution in [0.4, 0.5) is 0 Å². The molecule has 1 aromatic heterocycles. The van der Waals surface area contributed by atoms with Crippen molar-refractivity contribution in [3.8, 4) is 0 Å². The molecule has 2 unspecified atom stereocenters. The summed E-state index contributed by atoms with van der Waals surface area (Å²) in [7, 11) is 0. The number of thioether (sulfide) groups is 1. The number of carbonyl (C=O) groups excluding carboxylic acids is 1. The summed E-state index contributed by atoms with van der Waals surface area (Å²) >= 11 is 1.52. The van der Waals surface area contributed by atoms with Crippen LogP contribution in [0.3, 0.4) is 0 Å². The third-order valence-electron chi connectivity index (χ3n) is 2.03. The maximum absolute atomic E-state index is 11.2. The molecule has 1 amide bonds. The molecule has 2 atom stereocenters. The maximum Gasteiger partial charge on any atom is 0.237 e. The summed E-state index contributed by atoms with van der Waals surface area (Å²) in [6.07, 6.45) is 3.44. The second-order valence-electron chi connectivity index (χ2n) is 3.01. The van der Waals surface area contributed by atoms with Crippen LogP contribution in [0.25, 0.3) is 0 Å². The van der Waals surface area contributed by atoms with Gasteiger partial charge in [0.1, 0.15) is 0 Å². The summed E-state index contributed by atoms with van der Waals surface area (Å²) in [5, 5.41) is 0.943. The third kappa shape index (κ3) is 2.74. The number of hydrogen-bond acceptors (Lipinski definition) is 4. The Morgan fingerprint density at radius 2 is 2.43 bits per heavy atom. The summed E-state index contributed by atoms with van der Waals surface area (Å²) in [6.45, 7) is 3.80. The van der Waals surface area contributed by atoms with Gasteiger partial charge in [-0.1, -0.05) is 25.6 Å². The monoisotopic (exact) mass is 214 g/mol. The SMILES string of the molecule is CC(Sc1ncc[nH]1)C(C)C(=O)NN. The van der Waals surface area contributed by atoms with Gasteiger partial charge in [0, 0.05) is 23.6 Å². The highest BCUT2D eigenvalue weighted by Gasteiger charge is 2.20. The van der Waals surface area contributed by atoms with Gasteiger partial charge in [0.05, 0.1) is 0 Å². The fraction of sp³-hybridized carbons (Fsp3) is 0.500. The number of carbonyl (C=O) groups is 1. The van der Waals surface area contributed by atoms with Crippen molar-refractivity contribution in [3.05, 3.63) is 12.4 Å². The molecule has 0 saturated carbocycles. The highest BCUT2D eigenvalue weighted by Crippen LogP contribution is 2.24. The molecule has 0 aliphatic rings. The van der Waals surface area contributed by atoms with Gasteiger partial charge in [-0.3, -0.25) is 10.2 Å². The number of amides is 1. The summed E-state index contributed by atoms with van der Waals surface area (Å²) in [5.74, 6) is 4.75. The van der Waals surface area contributed by atoms with Crippen LogP contribution < -0.4 is 11.3 Å². The quantitative estimate of drug-likeness (QED) is 0.295. The van der Waals surface area contributed by atoms with Gasteiger partial charge in [-0.25, -0.2) is 10.8 Å². The van der Waals surface area contributed by atoms with Crippen LogP contribution in [-0.4, -0.2) is 21.1 Å². The zero-order valence-corrected chi connectivity index (χ0v) is 8.97. The molecule has 78 valence electrons. The fourth-order valence-electron chi connectivity index (χ4n) is 0.938. The highest BCUT2D eigenvalue weighted by molar-refractivity contribution is 7.99. The van der Waals surface area contributed by atoms with Crippen LogP contribution in [0.1, 0.15) is 13.8 Å². The number of H-pyrrole nitrogens is 1. The number of aromatic amines is 1. The van der Waals surface area contributed by atoms with Gasteiger partial charge in [-0.2, -0.15) is 0 Å². The number of nitrogens with zero attached hydrogens (tertiary/aromatic N) is 1. The van der Waals surface area contributed by atoms with Gasteiger partial charge in [0.25, 0.3) is 0 Å². The minimum absolute atomic E-state index is 0.129. The molecular formula is C8H14N4OS. The average molecular weight is 214 g/mol. The Kier molecular flexibility index (Phi) is 3.97. The molecule has 0 bridgehead atoms. The Balaban J connectivity index is 2.49. The summed E-state index contributed by atoms with van der Waals surface area (Å²) in [4.78, 5) is 18.2. The zero-order chi connectivity index (χ0) is 10.6. The molecule has 0 radical (unpaired) electrons. The van der Waals surface area contributed by atoms with E-state index in [2.05, 4.69) is 15.4 Å². The molecular weight excluding hydrogens is 200 g/mol. The van der Waals surface area contributed by atoms with Crippen molar-refractivity contribution in [2.24, 2.45) is 11.8 Å². The molecule has 1 heterocycles. The van der Waals surface area contributed by atoms with Crippen molar-refractivity contribution in [1.82, 2.24) is 15.4 Å². The first-order valence-electron chi connectivity index (χ1n) is 4.31. The first-order valence-corrected chi connectivity index (χ1v) is 5.19. The molecule has 0 aliphatic carbocycles. The lowest BCUT2D eigenvalue weighted by atomic mass is 10.1. The second kappa shape index (κ2) is 5.02. The Morgan fingerprint density at radius 3 is 2.93 bits per heavy atom. The topological polar surface area (TPSA) is 83.8 Å². The van der Waals surface area contributed by atoms with Crippen molar-refractivity contribution < 1.29 is 4.79 Å². The lowest BCUT2D eigenvalue weighted by Crippen LogP contribution is -2.38. The van der Waals surface area contributed by atoms with E-state index in [1.807, 2.05) is 13.8 Å². The zero-order valence-electron chi connectivity index (χ0n) is 8.15. The molecule has 0 saturated heterocycles. The van der Waals surface area contributed by atoms with Crippen LogP contribution in [0.15, 0.2) is 17.6 Å². The van der Waals surface area contributed by atoms with Crippen molar-refractivity contribution in [2.75, 3.05) is 0 Å². The van der Waals surface area contributed by atoms with Gasteiger partial charge >= 0.3 is 0 Å². The minimum atomic E-state index is -0.156. The lowest BCUT2D eigenvalue weighted by molar-refractivity contribution is -0.124. The van der Waals surface area contributed by atoms with E-state index in [4.69, 9.17) is 5.84 Å². The third-order valence-corrected chi connectivity index (χ3v) is 3.26. The van der Waals surface area contributed by atoms with E-state index in [-0.39, 0.29) is 17.1 Å². The Labute approximate surface area is 86.8 Å². The van der Waals surface area contributed by atoms with Crippen molar-refractivity contribution >= 4 is 17.7 Å². The van der Waals surface area contributed by atoms with Crippen molar-refractivity contribution in [3.63, 3.8) is 0 Å². The number of rotatable bonds is 4. The van der Waals surface area contributed by atoms with Gasteiger partial charge in [-0.05, 0) is 0 Å². The van der Waals surface area contributed by atoms with Gasteiger partial charge in [-0.15, -0.1) is 0 Å². The standard InChI is InChI=1S/C8H14N4OS/c1-5(7(13)12-9)6(2)14-8-10-3-4-11-8/h3-6H,9H2,1-2H3,(H,10,11)(H,12,13). The molecule has 1 aromatic rings. The predicted octanol–water partition coefficient (Wildman–Crippen LogP) is 0.516. The number of nitrogens with one attached hydrogen (secondary N) is 2. The van der Waals surface area contributed by atoms with Crippen LogP contribution >= 0.6 is 11.8 Å². The molecule has 5 nitrogen and oxygen atoms in total. The van der Waals surface area contributed by atoms with Crippen molar-refractivity contribution in [1.29, 1.82) is 0 Å². The largest absolute Gasteiger partial charge is 0.340 e. The van der Waals surface area contributed by atoms with E-state index in [9.17, 15) is 4.79 Å². The maximum atomic E-state index is 11.2. The Bertz CT molecular complexity index is 288. The molecule has 14 heavy (non-hydrogen) atoms. The molecule has 6 heteroatoms. The van der Waals surface area contributed by atoms with Gasteiger partial charge < -0.3 is 4.98 Å². The van der Waals surface area contributed by atoms with E-state index < -0.39 is 0 Å². The van der Waals surface area contributed by atoms with E-state index in [0.717, 1.165) is 5.16 Å².